The molecular formula is C22H24N2O5S2. The van der Waals surface area contributed by atoms with Gasteiger partial charge in [0, 0.05) is 17.4 Å². The minimum Gasteiger partial charge on any atom is -0.497 e. The van der Waals surface area contributed by atoms with Crippen molar-refractivity contribution in [1.82, 2.24) is 4.90 Å². The number of amides is 1. The fraction of sp³-hybridized carbons (Fsp3) is 0.364. The summed E-state index contributed by atoms with van der Waals surface area (Å²) in [6.07, 6.45) is 0.123. The van der Waals surface area contributed by atoms with Crippen LogP contribution in [-0.4, -0.2) is 61.4 Å². The zero-order chi connectivity index (χ0) is 22.0. The number of para-hydroxylation sites is 1. The highest BCUT2D eigenvalue weighted by molar-refractivity contribution is 8.15. The van der Waals surface area contributed by atoms with Gasteiger partial charge < -0.3 is 14.4 Å². The van der Waals surface area contributed by atoms with E-state index in [1.54, 1.807) is 14.2 Å². The predicted molar refractivity (Wildman–Crippen MR) is 121 cm³/mol. The molecule has 2 atom stereocenters. The van der Waals surface area contributed by atoms with Crippen LogP contribution in [-0.2, 0) is 27.6 Å². The minimum atomic E-state index is -3.09. The third-order valence-corrected chi connectivity index (χ3v) is 8.69. The Morgan fingerprint density at radius 3 is 2.55 bits per heavy atom. The van der Waals surface area contributed by atoms with Gasteiger partial charge in [0.2, 0.25) is 0 Å². The van der Waals surface area contributed by atoms with Crippen molar-refractivity contribution in [2.45, 2.75) is 24.3 Å². The van der Waals surface area contributed by atoms with E-state index in [1.165, 1.54) is 11.8 Å². The van der Waals surface area contributed by atoms with E-state index < -0.39 is 9.84 Å². The average molecular weight is 461 g/mol. The van der Waals surface area contributed by atoms with Crippen molar-refractivity contribution in [1.29, 1.82) is 0 Å². The second-order valence-corrected chi connectivity index (χ2v) is 10.9. The first-order valence-corrected chi connectivity index (χ1v) is 12.6. The van der Waals surface area contributed by atoms with Gasteiger partial charge in [-0.25, -0.2) is 8.42 Å². The van der Waals surface area contributed by atoms with Gasteiger partial charge in [-0.1, -0.05) is 42.1 Å². The van der Waals surface area contributed by atoms with Crippen molar-refractivity contribution in [3.8, 4) is 11.5 Å². The highest BCUT2D eigenvalue weighted by Crippen LogP contribution is 2.39. The fourth-order valence-electron chi connectivity index (χ4n) is 3.91. The lowest BCUT2D eigenvalue weighted by atomic mass is 10.1. The summed E-state index contributed by atoms with van der Waals surface area (Å²) in [6.45, 7) is 0.481. The smallest absolute Gasteiger partial charge is 0.252 e. The Morgan fingerprint density at radius 1 is 1.10 bits per heavy atom. The molecule has 0 bridgehead atoms. The van der Waals surface area contributed by atoms with Gasteiger partial charge in [0.25, 0.3) is 5.91 Å². The van der Waals surface area contributed by atoms with Crippen LogP contribution in [0.2, 0.25) is 0 Å². The lowest BCUT2D eigenvalue weighted by molar-refractivity contribution is -0.117. The van der Waals surface area contributed by atoms with Crippen LogP contribution < -0.4 is 9.47 Å². The van der Waals surface area contributed by atoms with E-state index in [0.29, 0.717) is 17.5 Å². The minimum absolute atomic E-state index is 0.0839. The molecule has 0 aromatic heterocycles. The number of carbonyl (C=O) groups is 1. The van der Waals surface area contributed by atoms with Gasteiger partial charge in [-0.2, -0.15) is 4.99 Å². The number of nitrogens with zero attached hydrogens (tertiary/aromatic N) is 2. The number of rotatable bonds is 6. The number of amidine groups is 1. The number of hydrogen-bond acceptors (Lipinski definition) is 6. The van der Waals surface area contributed by atoms with E-state index in [2.05, 4.69) is 4.99 Å². The van der Waals surface area contributed by atoms with Gasteiger partial charge in [0.1, 0.15) is 11.5 Å². The van der Waals surface area contributed by atoms with Crippen molar-refractivity contribution in [2.24, 2.45) is 4.99 Å². The van der Waals surface area contributed by atoms with Crippen LogP contribution in [0.4, 0.5) is 0 Å². The molecule has 2 aromatic rings. The first kappa shape index (κ1) is 21.7. The molecule has 2 aliphatic heterocycles. The summed E-state index contributed by atoms with van der Waals surface area (Å²) in [7, 11) is 0.0892. The topological polar surface area (TPSA) is 85.3 Å². The van der Waals surface area contributed by atoms with Crippen LogP contribution in [0.5, 0.6) is 11.5 Å². The Hall–Kier alpha value is -2.52. The second kappa shape index (κ2) is 8.92. The highest BCUT2D eigenvalue weighted by Gasteiger charge is 2.48. The van der Waals surface area contributed by atoms with Crippen molar-refractivity contribution >= 4 is 32.7 Å². The Morgan fingerprint density at radius 2 is 1.84 bits per heavy atom. The van der Waals surface area contributed by atoms with E-state index in [4.69, 9.17) is 9.47 Å². The van der Waals surface area contributed by atoms with Crippen LogP contribution in [0.25, 0.3) is 0 Å². The number of sulfone groups is 1. The fourth-order valence-corrected chi connectivity index (χ4v) is 7.87. The number of carbonyl (C=O) groups excluding carboxylic acids is 1. The van der Waals surface area contributed by atoms with Crippen molar-refractivity contribution in [3.63, 3.8) is 0 Å². The predicted octanol–water partition coefficient (Wildman–Crippen LogP) is 2.54. The zero-order valence-corrected chi connectivity index (χ0v) is 19.0. The number of ether oxygens (including phenoxy) is 2. The van der Waals surface area contributed by atoms with Crippen molar-refractivity contribution in [2.75, 3.05) is 25.7 Å². The Bertz CT molecular complexity index is 1100. The largest absolute Gasteiger partial charge is 0.497 e. The van der Waals surface area contributed by atoms with Crippen LogP contribution in [0.15, 0.2) is 53.5 Å². The van der Waals surface area contributed by atoms with Gasteiger partial charge >= 0.3 is 0 Å². The van der Waals surface area contributed by atoms with E-state index in [1.807, 2.05) is 53.4 Å². The molecule has 0 spiro atoms. The molecule has 2 aliphatic rings. The second-order valence-electron chi connectivity index (χ2n) is 7.55. The summed E-state index contributed by atoms with van der Waals surface area (Å²) in [6, 6.07) is 14.8. The van der Waals surface area contributed by atoms with Crippen LogP contribution >= 0.6 is 11.8 Å². The maximum atomic E-state index is 12.7. The molecule has 0 saturated carbocycles. The number of aliphatic imine (C=N–C) groups is 1. The number of fused-ring (bicyclic) bond motifs is 1. The molecule has 0 unspecified atom stereocenters. The monoisotopic (exact) mass is 460 g/mol. The summed E-state index contributed by atoms with van der Waals surface area (Å²) in [5.74, 6) is 1.31. The molecule has 2 fully saturated rings. The molecule has 2 saturated heterocycles. The van der Waals surface area contributed by atoms with Gasteiger partial charge in [0.05, 0.1) is 38.2 Å². The Kier molecular flexibility index (Phi) is 6.24. The van der Waals surface area contributed by atoms with Gasteiger partial charge in [0.15, 0.2) is 15.0 Å². The van der Waals surface area contributed by atoms with E-state index >= 15 is 0 Å². The Labute approximate surface area is 186 Å². The molecule has 0 N–H and O–H groups in total. The number of hydrogen-bond donors (Lipinski definition) is 0. The average Bonchev–Trinajstić information content (AvgIpc) is 3.20. The van der Waals surface area contributed by atoms with Gasteiger partial charge in [-0.05, 0) is 23.8 Å². The van der Waals surface area contributed by atoms with Gasteiger partial charge in [-0.15, -0.1) is 0 Å². The third kappa shape index (κ3) is 4.88. The molecule has 2 aromatic carbocycles. The highest BCUT2D eigenvalue weighted by atomic mass is 32.2. The summed E-state index contributed by atoms with van der Waals surface area (Å²) >= 11 is 1.39. The quantitative estimate of drug-likeness (QED) is 0.655. The maximum Gasteiger partial charge on any atom is 0.252 e. The summed E-state index contributed by atoms with van der Waals surface area (Å²) in [5.41, 5.74) is 1.77. The van der Waals surface area contributed by atoms with Crippen molar-refractivity contribution < 1.29 is 22.7 Å². The molecule has 31 heavy (non-hydrogen) atoms. The molecule has 1 amide bonds. The lowest BCUT2D eigenvalue weighted by Gasteiger charge is -2.24. The number of thioether (sulfide) groups is 1. The molecule has 7 nitrogen and oxygen atoms in total. The molecule has 2 heterocycles. The van der Waals surface area contributed by atoms with Crippen LogP contribution in [0.3, 0.4) is 0 Å². The van der Waals surface area contributed by atoms with Gasteiger partial charge in [-0.3, -0.25) is 4.79 Å². The van der Waals surface area contributed by atoms with Crippen LogP contribution in [0, 0.1) is 0 Å². The summed E-state index contributed by atoms with van der Waals surface area (Å²) < 4.78 is 34.9. The zero-order valence-electron chi connectivity index (χ0n) is 17.4. The van der Waals surface area contributed by atoms with E-state index in [0.717, 1.165) is 16.9 Å². The first-order valence-electron chi connectivity index (χ1n) is 9.88. The molecule has 9 heteroatoms. The van der Waals surface area contributed by atoms with E-state index in [9.17, 15) is 13.2 Å². The lowest BCUT2D eigenvalue weighted by Crippen LogP contribution is -2.37. The maximum absolute atomic E-state index is 12.7. The SMILES string of the molecule is COc1ccc(CN2C(=NC(=O)Cc3ccccc3OC)S[C@@H]3CS(=O)(=O)C[C@@H]32)cc1. The van der Waals surface area contributed by atoms with Crippen molar-refractivity contribution in [3.05, 3.63) is 59.7 Å². The molecule has 0 aliphatic carbocycles. The van der Waals surface area contributed by atoms with Crippen LogP contribution in [0.1, 0.15) is 11.1 Å². The normalized spacial score (nSPS) is 23.0. The number of methoxy groups -OCH3 is 2. The summed E-state index contributed by atoms with van der Waals surface area (Å²) in [5, 5.41) is 0.474. The summed E-state index contributed by atoms with van der Waals surface area (Å²) in [4.78, 5) is 19.1. The molecule has 0 radical (unpaired) electrons. The molecule has 164 valence electrons. The van der Waals surface area contributed by atoms with E-state index in [-0.39, 0.29) is 35.1 Å². The third-order valence-electron chi connectivity index (χ3n) is 5.44. The number of benzene rings is 2. The molecule has 4 rings (SSSR count). The Balaban J connectivity index is 1.57. The first-order chi connectivity index (χ1) is 14.9. The molecular weight excluding hydrogens is 436 g/mol. The standard InChI is InChI=1S/C22H24N2O5S2/c1-28-17-9-7-15(8-10-17)12-24-18-13-31(26,27)14-20(18)30-22(24)23-21(25)11-16-5-3-4-6-19(16)29-2/h3-10,18,20H,11-14H2,1-2H3/t18-,20+/m0/s1.